The van der Waals surface area contributed by atoms with Crippen LogP contribution in [-0.4, -0.2) is 25.7 Å². The van der Waals surface area contributed by atoms with Crippen molar-refractivity contribution in [2.24, 2.45) is 0 Å². The summed E-state index contributed by atoms with van der Waals surface area (Å²) in [6.45, 7) is 3.47. The van der Waals surface area contributed by atoms with E-state index in [9.17, 15) is 8.42 Å². The largest absolute Gasteiger partial charge is 0.367 e. The summed E-state index contributed by atoms with van der Waals surface area (Å²) in [6, 6.07) is 0. The van der Waals surface area contributed by atoms with Crippen molar-refractivity contribution in [3.05, 3.63) is 11.5 Å². The Labute approximate surface area is 52.9 Å². The van der Waals surface area contributed by atoms with Gasteiger partial charge in [-0.1, -0.05) is 6.58 Å². The molecule has 0 radical (unpaired) electrons. The van der Waals surface area contributed by atoms with Crippen LogP contribution < -0.4 is 0 Å². The summed E-state index contributed by atoms with van der Waals surface area (Å²) in [5, 5.41) is 0. The molecule has 1 unspecified atom stereocenters. The van der Waals surface area contributed by atoms with Crippen molar-refractivity contribution in [2.45, 2.75) is 6.10 Å². The van der Waals surface area contributed by atoms with Crippen molar-refractivity contribution in [1.29, 1.82) is 0 Å². The Morgan fingerprint density at radius 3 is 2.33 bits per heavy atom. The lowest BCUT2D eigenvalue weighted by atomic mass is 10.5. The molecule has 52 valence electrons. The van der Waals surface area contributed by atoms with Crippen LogP contribution in [0.5, 0.6) is 0 Å². The van der Waals surface area contributed by atoms with Crippen LogP contribution in [0.25, 0.3) is 0 Å². The Kier molecular flexibility index (Phi) is 1.34. The summed E-state index contributed by atoms with van der Waals surface area (Å²) in [6.07, 6.45) is -0.472. The second-order valence-corrected chi connectivity index (χ2v) is 3.24. The monoisotopic (exact) mass is 150 g/mol. The van der Waals surface area contributed by atoms with Gasteiger partial charge in [0.15, 0.2) is 0 Å². The number of epoxide rings is 1. The molecule has 4 nitrogen and oxygen atoms in total. The van der Waals surface area contributed by atoms with Crippen LogP contribution in [0.4, 0.5) is 0 Å². The van der Waals surface area contributed by atoms with Crippen LogP contribution in [0.15, 0.2) is 11.5 Å². The molecule has 1 saturated heterocycles. The Morgan fingerprint density at radius 2 is 2.22 bits per heavy atom. The maximum Gasteiger partial charge on any atom is 0.292 e. The van der Waals surface area contributed by atoms with Gasteiger partial charge in [0, 0.05) is 0 Å². The second-order valence-electron chi connectivity index (χ2n) is 1.76. The standard InChI is InChI=1S/C4H6O4S/c1-3(4-2-8-4)9(5,6)7/h4H,1-2H2,(H,5,6,7). The van der Waals surface area contributed by atoms with Gasteiger partial charge in [-0.05, 0) is 0 Å². The van der Waals surface area contributed by atoms with Crippen LogP contribution >= 0.6 is 0 Å². The highest BCUT2D eigenvalue weighted by atomic mass is 32.2. The van der Waals surface area contributed by atoms with E-state index in [4.69, 9.17) is 4.55 Å². The number of hydrogen-bond acceptors (Lipinski definition) is 3. The van der Waals surface area contributed by atoms with Crippen LogP contribution in [0.1, 0.15) is 0 Å². The fourth-order valence-corrected chi connectivity index (χ4v) is 0.868. The Hall–Kier alpha value is -0.390. The van der Waals surface area contributed by atoms with Crippen LogP contribution in [0.2, 0.25) is 0 Å². The molecule has 1 fully saturated rings. The molecule has 0 aromatic carbocycles. The maximum absolute atomic E-state index is 10.2. The summed E-state index contributed by atoms with van der Waals surface area (Å²) in [5.74, 6) is 0. The minimum Gasteiger partial charge on any atom is -0.367 e. The van der Waals surface area contributed by atoms with E-state index in [2.05, 4.69) is 11.3 Å². The lowest BCUT2D eigenvalue weighted by molar-refractivity contribution is 0.429. The zero-order valence-electron chi connectivity index (χ0n) is 4.57. The molecule has 1 rings (SSSR count). The van der Waals surface area contributed by atoms with E-state index in [1.807, 2.05) is 0 Å². The van der Waals surface area contributed by atoms with E-state index in [1.165, 1.54) is 0 Å². The normalized spacial score (nSPS) is 25.7. The van der Waals surface area contributed by atoms with Gasteiger partial charge in [-0.25, -0.2) is 0 Å². The first-order chi connectivity index (χ1) is 4.02. The summed E-state index contributed by atoms with van der Waals surface area (Å²) in [7, 11) is -4.06. The Morgan fingerprint density at radius 1 is 1.78 bits per heavy atom. The highest BCUT2D eigenvalue weighted by molar-refractivity contribution is 7.89. The third-order valence-electron chi connectivity index (χ3n) is 1.02. The third kappa shape index (κ3) is 1.51. The van der Waals surface area contributed by atoms with E-state index in [0.717, 1.165) is 0 Å². The lowest BCUT2D eigenvalue weighted by Crippen LogP contribution is -2.05. The SMILES string of the molecule is C=C(C1CO1)S(=O)(=O)O. The summed E-state index contributed by atoms with van der Waals surface area (Å²) in [4.78, 5) is -0.248. The molecule has 0 spiro atoms. The molecule has 1 heterocycles. The van der Waals surface area contributed by atoms with Crippen LogP contribution in [0.3, 0.4) is 0 Å². The fraction of sp³-hybridized carbons (Fsp3) is 0.500. The van der Waals surface area contributed by atoms with Gasteiger partial charge in [0.25, 0.3) is 10.1 Å². The summed E-state index contributed by atoms with van der Waals surface area (Å²) >= 11 is 0. The first-order valence-electron chi connectivity index (χ1n) is 2.29. The molecule has 9 heavy (non-hydrogen) atoms. The number of ether oxygens (including phenoxy) is 1. The quantitative estimate of drug-likeness (QED) is 0.436. The van der Waals surface area contributed by atoms with Crippen molar-refractivity contribution in [1.82, 2.24) is 0 Å². The van der Waals surface area contributed by atoms with E-state index in [-0.39, 0.29) is 4.91 Å². The first-order valence-corrected chi connectivity index (χ1v) is 3.73. The minimum atomic E-state index is -4.06. The topological polar surface area (TPSA) is 66.9 Å². The predicted octanol–water partition coefficient (Wildman–Crippen LogP) is -0.213. The molecular weight excluding hydrogens is 144 g/mol. The van der Waals surface area contributed by atoms with Crippen LogP contribution in [-0.2, 0) is 14.9 Å². The molecule has 1 aliphatic rings. The van der Waals surface area contributed by atoms with Gasteiger partial charge in [-0.2, -0.15) is 8.42 Å². The van der Waals surface area contributed by atoms with Crippen molar-refractivity contribution >= 4 is 10.1 Å². The molecule has 0 amide bonds. The molecule has 1 N–H and O–H groups in total. The highest BCUT2D eigenvalue weighted by Crippen LogP contribution is 2.21. The Bertz CT molecular complexity index is 223. The molecule has 0 bridgehead atoms. The van der Waals surface area contributed by atoms with Crippen molar-refractivity contribution in [3.8, 4) is 0 Å². The van der Waals surface area contributed by atoms with E-state index >= 15 is 0 Å². The second kappa shape index (κ2) is 1.80. The third-order valence-corrected chi connectivity index (χ3v) is 1.95. The molecule has 0 saturated carbocycles. The molecule has 5 heteroatoms. The van der Waals surface area contributed by atoms with E-state index in [1.54, 1.807) is 0 Å². The van der Waals surface area contributed by atoms with Gasteiger partial charge in [0.05, 0.1) is 11.5 Å². The highest BCUT2D eigenvalue weighted by Gasteiger charge is 2.32. The minimum absolute atomic E-state index is 0.248. The molecule has 0 aromatic rings. The average molecular weight is 150 g/mol. The Balaban J connectivity index is 2.73. The fourth-order valence-electron chi connectivity index (χ4n) is 0.400. The molecular formula is C4H6O4S. The van der Waals surface area contributed by atoms with E-state index in [0.29, 0.717) is 6.61 Å². The van der Waals surface area contributed by atoms with Gasteiger partial charge in [0.1, 0.15) is 6.10 Å². The molecule has 1 atom stereocenters. The van der Waals surface area contributed by atoms with Gasteiger partial charge < -0.3 is 4.74 Å². The molecule has 0 aliphatic carbocycles. The average Bonchev–Trinajstić information content (AvgIpc) is 2.40. The van der Waals surface area contributed by atoms with Gasteiger partial charge in [0.2, 0.25) is 0 Å². The van der Waals surface area contributed by atoms with Gasteiger partial charge >= 0.3 is 0 Å². The maximum atomic E-state index is 10.2. The molecule has 1 aliphatic heterocycles. The van der Waals surface area contributed by atoms with Crippen molar-refractivity contribution < 1.29 is 17.7 Å². The lowest BCUT2D eigenvalue weighted by Gasteiger charge is -1.92. The van der Waals surface area contributed by atoms with Crippen molar-refractivity contribution in [2.75, 3.05) is 6.61 Å². The van der Waals surface area contributed by atoms with Gasteiger partial charge in [-0.3, -0.25) is 4.55 Å². The zero-order chi connectivity index (χ0) is 7.07. The number of rotatable bonds is 2. The number of hydrogen-bond donors (Lipinski definition) is 1. The van der Waals surface area contributed by atoms with Crippen molar-refractivity contribution in [3.63, 3.8) is 0 Å². The zero-order valence-corrected chi connectivity index (χ0v) is 5.39. The van der Waals surface area contributed by atoms with E-state index < -0.39 is 16.2 Å². The summed E-state index contributed by atoms with van der Waals surface area (Å²) < 4.78 is 33.2. The molecule has 0 aromatic heterocycles. The first kappa shape index (κ1) is 6.73. The van der Waals surface area contributed by atoms with Crippen LogP contribution in [0, 0.1) is 0 Å². The van der Waals surface area contributed by atoms with Gasteiger partial charge in [-0.15, -0.1) is 0 Å². The predicted molar refractivity (Wildman–Crippen MR) is 30.4 cm³/mol. The summed E-state index contributed by atoms with van der Waals surface area (Å²) in [5.41, 5.74) is 0. The smallest absolute Gasteiger partial charge is 0.292 e.